The number of amides is 3. The Morgan fingerprint density at radius 1 is 0.879 bits per heavy atom. The number of carbonyl (C=O) groups excluding carboxylic acids is 3. The molecule has 5 rings (SSSR count). The van der Waals surface area contributed by atoms with Gasteiger partial charge in [-0.25, -0.2) is 0 Å². The van der Waals surface area contributed by atoms with Gasteiger partial charge in [0.25, 0.3) is 0 Å². The maximum Gasteiger partial charge on any atom is 0.247 e. The van der Waals surface area contributed by atoms with Crippen LogP contribution in [0.1, 0.15) is 64.0 Å². The Kier molecular flexibility index (Phi) is 5.19. The molecule has 2 aliphatic heterocycles. The van der Waals surface area contributed by atoms with Gasteiger partial charge in [-0.1, -0.05) is 68.3 Å². The van der Waals surface area contributed by atoms with Gasteiger partial charge in [0, 0.05) is 16.6 Å². The van der Waals surface area contributed by atoms with Crippen molar-refractivity contribution in [1.82, 2.24) is 4.90 Å². The van der Waals surface area contributed by atoms with E-state index in [1.165, 1.54) is 10.5 Å². The van der Waals surface area contributed by atoms with E-state index in [1.54, 1.807) is 0 Å². The van der Waals surface area contributed by atoms with E-state index in [9.17, 15) is 14.4 Å². The highest BCUT2D eigenvalue weighted by Gasteiger charge is 2.51. The third-order valence-corrected chi connectivity index (χ3v) is 8.02. The summed E-state index contributed by atoms with van der Waals surface area (Å²) < 4.78 is 0. The predicted octanol–water partition coefficient (Wildman–Crippen LogP) is 4.68. The van der Waals surface area contributed by atoms with Crippen molar-refractivity contribution in [3.05, 3.63) is 65.7 Å². The molecule has 172 valence electrons. The fourth-order valence-electron chi connectivity index (χ4n) is 6.63. The van der Waals surface area contributed by atoms with Gasteiger partial charge in [-0.05, 0) is 50.3 Å². The molecule has 0 aromatic heterocycles. The molecule has 1 aliphatic carbocycles. The molecule has 0 spiro atoms. The lowest BCUT2D eigenvalue weighted by atomic mass is 9.65. The minimum Gasteiger partial charge on any atom is -0.305 e. The lowest BCUT2D eigenvalue weighted by Gasteiger charge is -2.51. The third kappa shape index (κ3) is 3.40. The Hall–Kier alpha value is -2.95. The summed E-state index contributed by atoms with van der Waals surface area (Å²) in [4.78, 5) is 42.8. The number of benzene rings is 2. The van der Waals surface area contributed by atoms with Gasteiger partial charge >= 0.3 is 0 Å². The van der Waals surface area contributed by atoms with Crippen LogP contribution in [0.25, 0.3) is 0 Å². The number of carbonyl (C=O) groups is 3. The van der Waals surface area contributed by atoms with Crippen LogP contribution in [0.3, 0.4) is 0 Å². The standard InChI is InChI=1S/C28H32N2O3/c1-27(2)18-28(3,19-11-5-4-6-12-19)22-15-9-10-16-23(22)30(27)24(31)17-29-25(32)20-13-7-8-14-21(20)26(29)33/h4-6,9-12,15-16,20-21H,7-8,13-14,17-18H2,1-3H3. The Labute approximate surface area is 195 Å². The number of rotatable bonds is 3. The molecule has 1 saturated heterocycles. The number of anilines is 1. The summed E-state index contributed by atoms with van der Waals surface area (Å²) in [6, 6.07) is 18.5. The molecule has 1 saturated carbocycles. The van der Waals surface area contributed by atoms with Crippen molar-refractivity contribution in [2.45, 2.75) is 63.8 Å². The van der Waals surface area contributed by atoms with Crippen molar-refractivity contribution in [3.63, 3.8) is 0 Å². The third-order valence-electron chi connectivity index (χ3n) is 8.02. The number of para-hydroxylation sites is 1. The van der Waals surface area contributed by atoms with Gasteiger partial charge in [0.05, 0.1) is 11.8 Å². The van der Waals surface area contributed by atoms with Crippen LogP contribution in [-0.4, -0.2) is 34.7 Å². The average Bonchev–Trinajstić information content (AvgIpc) is 3.04. The molecule has 3 atom stereocenters. The predicted molar refractivity (Wildman–Crippen MR) is 128 cm³/mol. The Bertz CT molecular complexity index is 1090. The van der Waals surface area contributed by atoms with Gasteiger partial charge in [-0.3, -0.25) is 19.3 Å². The average molecular weight is 445 g/mol. The van der Waals surface area contributed by atoms with Gasteiger partial charge in [0.15, 0.2) is 0 Å². The second kappa shape index (κ2) is 7.82. The van der Waals surface area contributed by atoms with E-state index >= 15 is 0 Å². The van der Waals surface area contributed by atoms with Crippen molar-refractivity contribution in [2.75, 3.05) is 11.4 Å². The van der Waals surface area contributed by atoms with Crippen molar-refractivity contribution in [3.8, 4) is 0 Å². The van der Waals surface area contributed by atoms with E-state index in [4.69, 9.17) is 0 Å². The molecular weight excluding hydrogens is 412 g/mol. The molecule has 3 unspecified atom stereocenters. The minimum atomic E-state index is -0.491. The number of hydrogen-bond donors (Lipinski definition) is 0. The summed E-state index contributed by atoms with van der Waals surface area (Å²) in [6.07, 6.45) is 4.21. The first kappa shape index (κ1) is 21.9. The zero-order valence-electron chi connectivity index (χ0n) is 19.7. The van der Waals surface area contributed by atoms with Crippen LogP contribution in [-0.2, 0) is 19.8 Å². The SMILES string of the molecule is CC1(c2ccccc2)CC(C)(C)N(C(=O)CN2C(=O)C3CCCCC3C2=O)c2ccccc21. The van der Waals surface area contributed by atoms with Gasteiger partial charge < -0.3 is 4.90 Å². The van der Waals surface area contributed by atoms with E-state index in [0.717, 1.165) is 43.4 Å². The van der Waals surface area contributed by atoms with Crippen LogP contribution >= 0.6 is 0 Å². The van der Waals surface area contributed by atoms with E-state index in [1.807, 2.05) is 29.2 Å². The normalized spacial score (nSPS) is 28.5. The Balaban J connectivity index is 1.50. The molecule has 33 heavy (non-hydrogen) atoms. The largest absolute Gasteiger partial charge is 0.305 e. The van der Waals surface area contributed by atoms with Crippen molar-refractivity contribution in [2.24, 2.45) is 11.8 Å². The highest BCUT2D eigenvalue weighted by atomic mass is 16.2. The molecule has 5 heteroatoms. The summed E-state index contributed by atoms with van der Waals surface area (Å²) in [7, 11) is 0. The van der Waals surface area contributed by atoms with E-state index in [0.29, 0.717) is 0 Å². The second-order valence-corrected chi connectivity index (χ2v) is 10.7. The molecule has 2 aromatic rings. The van der Waals surface area contributed by atoms with Gasteiger partial charge in [-0.15, -0.1) is 0 Å². The van der Waals surface area contributed by atoms with Crippen LogP contribution in [0.2, 0.25) is 0 Å². The maximum absolute atomic E-state index is 13.8. The van der Waals surface area contributed by atoms with Gasteiger partial charge in [-0.2, -0.15) is 0 Å². The molecule has 2 fully saturated rings. The number of imide groups is 1. The molecule has 2 heterocycles. The minimum absolute atomic E-state index is 0.157. The molecule has 5 nitrogen and oxygen atoms in total. The van der Waals surface area contributed by atoms with Crippen molar-refractivity contribution >= 4 is 23.4 Å². The Morgan fingerprint density at radius 3 is 2.09 bits per heavy atom. The lowest BCUT2D eigenvalue weighted by molar-refractivity contribution is -0.143. The number of fused-ring (bicyclic) bond motifs is 2. The summed E-state index contributed by atoms with van der Waals surface area (Å²) in [5.41, 5.74) is 2.42. The van der Waals surface area contributed by atoms with Crippen LogP contribution in [0.4, 0.5) is 5.69 Å². The van der Waals surface area contributed by atoms with Crippen molar-refractivity contribution in [1.29, 1.82) is 0 Å². The molecule has 0 radical (unpaired) electrons. The molecule has 0 bridgehead atoms. The van der Waals surface area contributed by atoms with Crippen LogP contribution in [0.15, 0.2) is 54.6 Å². The first-order valence-corrected chi connectivity index (χ1v) is 12.1. The van der Waals surface area contributed by atoms with Crippen molar-refractivity contribution < 1.29 is 14.4 Å². The second-order valence-electron chi connectivity index (χ2n) is 10.7. The van der Waals surface area contributed by atoms with E-state index in [-0.39, 0.29) is 41.5 Å². The lowest BCUT2D eigenvalue weighted by Crippen LogP contribution is -2.58. The monoisotopic (exact) mass is 444 g/mol. The molecule has 3 aliphatic rings. The summed E-state index contributed by atoms with van der Waals surface area (Å²) >= 11 is 0. The zero-order valence-corrected chi connectivity index (χ0v) is 19.7. The quantitative estimate of drug-likeness (QED) is 0.646. The van der Waals surface area contributed by atoms with E-state index < -0.39 is 5.54 Å². The number of likely N-dealkylation sites (tertiary alicyclic amines) is 1. The van der Waals surface area contributed by atoms with E-state index in [2.05, 4.69) is 51.1 Å². The highest BCUT2D eigenvalue weighted by Crippen LogP contribution is 2.50. The highest BCUT2D eigenvalue weighted by molar-refractivity contribution is 6.09. The number of hydrogen-bond acceptors (Lipinski definition) is 3. The molecule has 0 N–H and O–H groups in total. The Morgan fingerprint density at radius 2 is 1.45 bits per heavy atom. The fourth-order valence-corrected chi connectivity index (χ4v) is 6.63. The first-order valence-electron chi connectivity index (χ1n) is 12.1. The maximum atomic E-state index is 13.8. The molecule has 3 amide bonds. The van der Waals surface area contributed by atoms with Crippen LogP contribution < -0.4 is 4.90 Å². The first-order chi connectivity index (χ1) is 15.7. The molecule has 2 aromatic carbocycles. The van der Waals surface area contributed by atoms with Gasteiger partial charge in [0.1, 0.15) is 6.54 Å². The molecular formula is C28H32N2O3. The topological polar surface area (TPSA) is 57.7 Å². The summed E-state index contributed by atoms with van der Waals surface area (Å²) in [5, 5.41) is 0. The smallest absolute Gasteiger partial charge is 0.247 e. The van der Waals surface area contributed by atoms with Gasteiger partial charge in [0.2, 0.25) is 17.7 Å². The zero-order chi connectivity index (χ0) is 23.4. The summed E-state index contributed by atoms with van der Waals surface area (Å²) in [6.45, 7) is 6.22. The fraction of sp³-hybridized carbons (Fsp3) is 0.464. The van der Waals surface area contributed by atoms with Crippen LogP contribution in [0, 0.1) is 11.8 Å². The van der Waals surface area contributed by atoms with Crippen LogP contribution in [0.5, 0.6) is 0 Å². The summed E-state index contributed by atoms with van der Waals surface area (Å²) in [5.74, 6) is -0.974. The number of nitrogens with zero attached hydrogens (tertiary/aromatic N) is 2.